The van der Waals surface area contributed by atoms with E-state index < -0.39 is 0 Å². The first-order valence-corrected chi connectivity index (χ1v) is 8.30. The van der Waals surface area contributed by atoms with E-state index in [9.17, 15) is 0 Å². The molecule has 3 atom stereocenters. The number of furan rings is 1. The molecule has 2 N–H and O–H groups in total. The highest BCUT2D eigenvalue weighted by Crippen LogP contribution is 2.31. The summed E-state index contributed by atoms with van der Waals surface area (Å²) in [7, 11) is 2.12. The van der Waals surface area contributed by atoms with Gasteiger partial charge in [0.15, 0.2) is 0 Å². The minimum Gasteiger partial charge on any atom is -0.459 e. The predicted octanol–water partition coefficient (Wildman–Crippen LogP) is 2.88. The minimum atomic E-state index is 0.157. The summed E-state index contributed by atoms with van der Waals surface area (Å²) in [6.07, 6.45) is 1.62. The van der Waals surface area contributed by atoms with Crippen molar-refractivity contribution in [2.45, 2.75) is 19.0 Å². The van der Waals surface area contributed by atoms with Crippen molar-refractivity contribution in [1.29, 1.82) is 0 Å². The molecule has 1 saturated heterocycles. The fourth-order valence-corrected chi connectivity index (χ4v) is 3.36. The maximum absolute atomic E-state index is 6.05. The standard InChI is InChI=1S/C18H22N4O2/c1-12(15-7-8-23-21-15)22(2)11-14-10-19-20-18(14)17-9-13-5-3-4-6-16(13)24-17/h3-9,12,14,18-20H,10-11H2,1-2H3. The molecule has 2 aromatic heterocycles. The number of benzene rings is 1. The quantitative estimate of drug-likeness (QED) is 0.751. The van der Waals surface area contributed by atoms with Gasteiger partial charge in [-0.2, -0.15) is 0 Å². The molecular weight excluding hydrogens is 304 g/mol. The lowest BCUT2D eigenvalue weighted by Crippen LogP contribution is -2.32. The van der Waals surface area contributed by atoms with Gasteiger partial charge in [-0.15, -0.1) is 0 Å². The van der Waals surface area contributed by atoms with E-state index >= 15 is 0 Å². The average molecular weight is 326 g/mol. The minimum absolute atomic E-state index is 0.157. The van der Waals surface area contributed by atoms with Crippen LogP contribution >= 0.6 is 0 Å². The number of para-hydroxylation sites is 1. The van der Waals surface area contributed by atoms with Gasteiger partial charge in [0.05, 0.1) is 12.1 Å². The van der Waals surface area contributed by atoms with Crippen LogP contribution < -0.4 is 10.9 Å². The number of nitrogens with one attached hydrogen (secondary N) is 2. The van der Waals surface area contributed by atoms with Gasteiger partial charge in [-0.1, -0.05) is 23.4 Å². The van der Waals surface area contributed by atoms with Gasteiger partial charge in [0, 0.05) is 30.5 Å². The van der Waals surface area contributed by atoms with Crippen molar-refractivity contribution in [3.63, 3.8) is 0 Å². The number of hydrogen-bond donors (Lipinski definition) is 2. The van der Waals surface area contributed by atoms with Gasteiger partial charge in [-0.05, 0) is 26.1 Å². The number of aromatic nitrogens is 1. The summed E-state index contributed by atoms with van der Waals surface area (Å²) in [6, 6.07) is 12.5. The number of rotatable bonds is 5. The second-order valence-electron chi connectivity index (χ2n) is 6.49. The Morgan fingerprint density at radius 3 is 3.00 bits per heavy atom. The van der Waals surface area contributed by atoms with Gasteiger partial charge >= 0.3 is 0 Å². The third-order valence-electron chi connectivity index (χ3n) is 4.91. The van der Waals surface area contributed by atoms with Crippen LogP contribution in [0.3, 0.4) is 0 Å². The third-order valence-corrected chi connectivity index (χ3v) is 4.91. The number of hydrazine groups is 1. The summed E-state index contributed by atoms with van der Waals surface area (Å²) in [5.74, 6) is 1.39. The lowest BCUT2D eigenvalue weighted by molar-refractivity contribution is 0.202. The Balaban J connectivity index is 1.50. The van der Waals surface area contributed by atoms with Crippen molar-refractivity contribution in [3.8, 4) is 0 Å². The molecular formula is C18H22N4O2. The van der Waals surface area contributed by atoms with Crippen molar-refractivity contribution >= 4 is 11.0 Å². The zero-order valence-corrected chi connectivity index (χ0v) is 13.9. The van der Waals surface area contributed by atoms with E-state index in [0.29, 0.717) is 5.92 Å². The summed E-state index contributed by atoms with van der Waals surface area (Å²) in [6.45, 7) is 3.97. The molecule has 6 nitrogen and oxygen atoms in total. The largest absolute Gasteiger partial charge is 0.459 e. The molecule has 4 rings (SSSR count). The van der Waals surface area contributed by atoms with E-state index in [0.717, 1.165) is 35.5 Å². The van der Waals surface area contributed by atoms with Crippen molar-refractivity contribution in [1.82, 2.24) is 20.9 Å². The first kappa shape index (κ1) is 15.4. The van der Waals surface area contributed by atoms with E-state index in [1.54, 1.807) is 6.26 Å². The van der Waals surface area contributed by atoms with Gasteiger partial charge in [0.1, 0.15) is 23.3 Å². The molecule has 1 aromatic carbocycles. The summed E-state index contributed by atoms with van der Waals surface area (Å²) in [5.41, 5.74) is 8.52. The number of nitrogens with zero attached hydrogens (tertiary/aromatic N) is 2. The van der Waals surface area contributed by atoms with Crippen LogP contribution in [0.2, 0.25) is 0 Å². The lowest BCUT2D eigenvalue weighted by Gasteiger charge is -2.27. The molecule has 126 valence electrons. The van der Waals surface area contributed by atoms with Crippen molar-refractivity contribution in [3.05, 3.63) is 54.1 Å². The Hall–Kier alpha value is -2.15. The molecule has 0 aliphatic carbocycles. The lowest BCUT2D eigenvalue weighted by atomic mass is 9.98. The van der Waals surface area contributed by atoms with Crippen molar-refractivity contribution in [2.75, 3.05) is 20.1 Å². The molecule has 0 radical (unpaired) electrons. The van der Waals surface area contributed by atoms with Crippen LogP contribution in [-0.4, -0.2) is 30.2 Å². The van der Waals surface area contributed by atoms with E-state index in [1.807, 2.05) is 24.3 Å². The first-order chi connectivity index (χ1) is 11.7. The smallest absolute Gasteiger partial charge is 0.134 e. The second kappa shape index (κ2) is 6.39. The highest BCUT2D eigenvalue weighted by atomic mass is 16.5. The van der Waals surface area contributed by atoms with Crippen LogP contribution in [0.1, 0.15) is 30.5 Å². The van der Waals surface area contributed by atoms with Gasteiger partial charge in [-0.3, -0.25) is 10.3 Å². The van der Waals surface area contributed by atoms with Crippen LogP contribution in [0, 0.1) is 5.92 Å². The van der Waals surface area contributed by atoms with Crippen LogP contribution in [-0.2, 0) is 0 Å². The molecule has 3 heterocycles. The SMILES string of the molecule is CC(c1ccon1)N(C)CC1CNNC1c1cc2ccccc2o1. The fourth-order valence-electron chi connectivity index (χ4n) is 3.36. The first-order valence-electron chi connectivity index (χ1n) is 8.30. The summed E-state index contributed by atoms with van der Waals surface area (Å²) < 4.78 is 11.0. The number of hydrogen-bond acceptors (Lipinski definition) is 6. The molecule has 0 bridgehead atoms. The average Bonchev–Trinajstić information content (AvgIpc) is 3.33. The van der Waals surface area contributed by atoms with Gasteiger partial charge in [0.25, 0.3) is 0 Å². The normalized spacial score (nSPS) is 22.5. The fraction of sp³-hybridized carbons (Fsp3) is 0.389. The van der Waals surface area contributed by atoms with Crippen LogP contribution in [0.25, 0.3) is 11.0 Å². The van der Waals surface area contributed by atoms with Gasteiger partial charge in [-0.25, -0.2) is 5.43 Å². The molecule has 1 fully saturated rings. The Bertz CT molecular complexity index is 765. The van der Waals surface area contributed by atoms with E-state index in [1.165, 1.54) is 0 Å². The van der Waals surface area contributed by atoms with Crippen molar-refractivity contribution in [2.24, 2.45) is 5.92 Å². The summed E-state index contributed by atoms with van der Waals surface area (Å²) in [4.78, 5) is 2.30. The molecule has 1 aliphatic heterocycles. The predicted molar refractivity (Wildman–Crippen MR) is 91.1 cm³/mol. The van der Waals surface area contributed by atoms with Crippen molar-refractivity contribution < 1.29 is 8.94 Å². The third kappa shape index (κ3) is 2.84. The van der Waals surface area contributed by atoms with Gasteiger partial charge < -0.3 is 8.94 Å². The summed E-state index contributed by atoms with van der Waals surface area (Å²) >= 11 is 0. The van der Waals surface area contributed by atoms with Crippen LogP contribution in [0.5, 0.6) is 0 Å². The molecule has 24 heavy (non-hydrogen) atoms. The Morgan fingerprint density at radius 2 is 2.21 bits per heavy atom. The zero-order valence-electron chi connectivity index (χ0n) is 13.9. The molecule has 6 heteroatoms. The highest BCUT2D eigenvalue weighted by Gasteiger charge is 2.32. The maximum Gasteiger partial charge on any atom is 0.134 e. The second-order valence-corrected chi connectivity index (χ2v) is 6.49. The van der Waals surface area contributed by atoms with Crippen LogP contribution in [0.4, 0.5) is 0 Å². The topological polar surface area (TPSA) is 66.5 Å². The van der Waals surface area contributed by atoms with E-state index in [2.05, 4.69) is 47.0 Å². The van der Waals surface area contributed by atoms with E-state index in [4.69, 9.17) is 8.94 Å². The maximum atomic E-state index is 6.05. The molecule has 0 amide bonds. The van der Waals surface area contributed by atoms with Gasteiger partial charge in [0.2, 0.25) is 0 Å². The summed E-state index contributed by atoms with van der Waals surface area (Å²) in [5, 5.41) is 5.19. The highest BCUT2D eigenvalue weighted by molar-refractivity contribution is 5.77. The monoisotopic (exact) mass is 326 g/mol. The zero-order chi connectivity index (χ0) is 16.5. The molecule has 0 spiro atoms. The molecule has 3 aromatic rings. The molecule has 1 aliphatic rings. The molecule has 0 saturated carbocycles. The Kier molecular flexibility index (Phi) is 4.10. The Morgan fingerprint density at radius 1 is 1.33 bits per heavy atom. The molecule has 3 unspecified atom stereocenters. The van der Waals surface area contributed by atoms with Crippen LogP contribution in [0.15, 0.2) is 51.6 Å². The Labute approximate surface area is 140 Å². The number of fused-ring (bicyclic) bond motifs is 1. The van der Waals surface area contributed by atoms with E-state index in [-0.39, 0.29) is 12.1 Å².